The lowest BCUT2D eigenvalue weighted by atomic mass is 10.1. The Balaban J connectivity index is 1.78. The first kappa shape index (κ1) is 20.3. The van der Waals surface area contributed by atoms with Gasteiger partial charge in [-0.15, -0.1) is 0 Å². The van der Waals surface area contributed by atoms with E-state index in [2.05, 4.69) is 29.4 Å². The van der Waals surface area contributed by atoms with Crippen molar-refractivity contribution in [2.75, 3.05) is 25.2 Å². The number of rotatable bonds is 6. The topological polar surface area (TPSA) is 58.1 Å². The van der Waals surface area contributed by atoms with E-state index in [4.69, 9.17) is 4.98 Å². The number of carbonyl (C=O) groups excluding carboxylic acids is 1. The van der Waals surface area contributed by atoms with Crippen molar-refractivity contribution < 1.29 is 4.79 Å². The van der Waals surface area contributed by atoms with Crippen LogP contribution >= 0.6 is 11.8 Å². The lowest BCUT2D eigenvalue weighted by Gasteiger charge is -2.14. The number of anilines is 1. The minimum atomic E-state index is -0.0306. The van der Waals surface area contributed by atoms with Crippen LogP contribution in [0.4, 0.5) is 5.69 Å². The number of thioether (sulfide) groups is 1. The van der Waals surface area contributed by atoms with Crippen LogP contribution in [-0.2, 0) is 11.3 Å². The molecular weight excluding hydrogens is 368 g/mol. The molecule has 5 nitrogen and oxygen atoms in total. The number of hydrogen-bond donors (Lipinski definition) is 1. The molecule has 0 aliphatic rings. The molecule has 0 saturated carbocycles. The summed E-state index contributed by atoms with van der Waals surface area (Å²) in [6, 6.07) is 12.1. The van der Waals surface area contributed by atoms with Crippen LogP contribution in [0.15, 0.2) is 41.4 Å². The molecule has 2 aromatic carbocycles. The van der Waals surface area contributed by atoms with Crippen LogP contribution in [0.25, 0.3) is 10.9 Å². The van der Waals surface area contributed by atoms with Crippen molar-refractivity contribution in [3.8, 4) is 0 Å². The summed E-state index contributed by atoms with van der Waals surface area (Å²) in [5.74, 6) is 1.03. The quantitative estimate of drug-likeness (QED) is 0.498. The van der Waals surface area contributed by atoms with Gasteiger partial charge in [-0.25, -0.2) is 9.97 Å². The maximum atomic E-state index is 12.6. The predicted molar refractivity (Wildman–Crippen MR) is 117 cm³/mol. The van der Waals surface area contributed by atoms with Crippen LogP contribution in [0.5, 0.6) is 0 Å². The van der Waals surface area contributed by atoms with Gasteiger partial charge in [-0.2, -0.15) is 0 Å². The largest absolute Gasteiger partial charge is 0.325 e. The number of amides is 1. The second-order valence-electron chi connectivity index (χ2n) is 7.31. The molecule has 0 bridgehead atoms. The van der Waals surface area contributed by atoms with E-state index in [0.29, 0.717) is 12.3 Å². The average Bonchev–Trinajstić information content (AvgIpc) is 2.62. The second-order valence-corrected chi connectivity index (χ2v) is 8.27. The van der Waals surface area contributed by atoms with E-state index in [-0.39, 0.29) is 5.91 Å². The van der Waals surface area contributed by atoms with Gasteiger partial charge in [-0.3, -0.25) is 4.79 Å². The van der Waals surface area contributed by atoms with Crippen LogP contribution in [0, 0.1) is 20.8 Å². The van der Waals surface area contributed by atoms with Gasteiger partial charge in [0, 0.05) is 11.1 Å². The highest BCUT2D eigenvalue weighted by Crippen LogP contribution is 2.27. The van der Waals surface area contributed by atoms with Crippen LogP contribution in [0.1, 0.15) is 22.5 Å². The number of aryl methyl sites for hydroxylation is 3. The Morgan fingerprint density at radius 3 is 2.43 bits per heavy atom. The van der Waals surface area contributed by atoms with Gasteiger partial charge in [0.25, 0.3) is 0 Å². The van der Waals surface area contributed by atoms with E-state index in [1.807, 2.05) is 57.1 Å². The number of aromatic nitrogens is 2. The molecule has 0 radical (unpaired) electrons. The fourth-order valence-corrected chi connectivity index (χ4v) is 4.08. The second kappa shape index (κ2) is 8.71. The Hall–Kier alpha value is -2.44. The number of para-hydroxylation sites is 1. The van der Waals surface area contributed by atoms with Crippen LogP contribution in [0.3, 0.4) is 0 Å². The molecule has 0 aliphatic heterocycles. The van der Waals surface area contributed by atoms with E-state index in [9.17, 15) is 4.79 Å². The molecule has 28 heavy (non-hydrogen) atoms. The monoisotopic (exact) mass is 394 g/mol. The van der Waals surface area contributed by atoms with Crippen molar-refractivity contribution in [1.82, 2.24) is 14.9 Å². The molecule has 0 unspecified atom stereocenters. The smallest absolute Gasteiger partial charge is 0.234 e. The van der Waals surface area contributed by atoms with E-state index in [1.54, 1.807) is 0 Å². The zero-order valence-electron chi connectivity index (χ0n) is 17.0. The van der Waals surface area contributed by atoms with Gasteiger partial charge in [0.1, 0.15) is 10.9 Å². The van der Waals surface area contributed by atoms with Gasteiger partial charge in [0.05, 0.1) is 17.8 Å². The summed E-state index contributed by atoms with van der Waals surface area (Å²) in [5.41, 5.74) is 5.16. The van der Waals surface area contributed by atoms with Crippen molar-refractivity contribution in [3.05, 3.63) is 58.9 Å². The molecular formula is C22H26N4OS. The van der Waals surface area contributed by atoms with Crippen LogP contribution in [-0.4, -0.2) is 40.6 Å². The first-order valence-electron chi connectivity index (χ1n) is 9.24. The molecule has 1 aromatic heterocycles. The molecule has 1 heterocycles. The van der Waals surface area contributed by atoms with Gasteiger partial charge >= 0.3 is 0 Å². The first-order chi connectivity index (χ1) is 13.3. The Bertz CT molecular complexity index is 994. The third-order valence-electron chi connectivity index (χ3n) is 4.35. The van der Waals surface area contributed by atoms with Crippen molar-refractivity contribution in [2.24, 2.45) is 0 Å². The summed E-state index contributed by atoms with van der Waals surface area (Å²) >= 11 is 1.45. The zero-order chi connectivity index (χ0) is 20.3. The summed E-state index contributed by atoms with van der Waals surface area (Å²) in [6.45, 7) is 6.77. The number of hydrogen-bond acceptors (Lipinski definition) is 5. The van der Waals surface area contributed by atoms with E-state index >= 15 is 0 Å². The summed E-state index contributed by atoms with van der Waals surface area (Å²) in [4.78, 5) is 24.0. The predicted octanol–water partition coefficient (Wildman–Crippen LogP) is 4.35. The van der Waals surface area contributed by atoms with Gasteiger partial charge in [-0.05, 0) is 52.1 Å². The molecule has 6 heteroatoms. The first-order valence-corrected chi connectivity index (χ1v) is 10.2. The summed E-state index contributed by atoms with van der Waals surface area (Å²) in [7, 11) is 3.98. The maximum absolute atomic E-state index is 12.6. The molecule has 1 N–H and O–H groups in total. The Kier molecular flexibility index (Phi) is 6.31. The molecule has 3 aromatic rings. The highest BCUT2D eigenvalue weighted by atomic mass is 32.2. The molecule has 0 saturated heterocycles. The molecule has 1 amide bonds. The standard InChI is InChI=1S/C22H26N4OS/c1-14-10-15(2)21(16(3)11-14)25-20(27)13-28-22-17-8-6-7-9-18(17)23-19(24-22)12-26(4)5/h6-11H,12-13H2,1-5H3,(H,25,27). The Morgan fingerprint density at radius 1 is 1.07 bits per heavy atom. The molecule has 0 fully saturated rings. The van der Waals surface area contributed by atoms with Gasteiger partial charge in [0.15, 0.2) is 0 Å². The average molecular weight is 395 g/mol. The fourth-order valence-electron chi connectivity index (χ4n) is 3.24. The number of nitrogens with one attached hydrogen (secondary N) is 1. The molecule has 0 spiro atoms. The zero-order valence-corrected chi connectivity index (χ0v) is 17.9. The highest BCUT2D eigenvalue weighted by molar-refractivity contribution is 8.00. The van der Waals surface area contributed by atoms with E-state index in [0.717, 1.165) is 38.6 Å². The normalized spacial score (nSPS) is 11.2. The van der Waals surface area contributed by atoms with Crippen LogP contribution in [0.2, 0.25) is 0 Å². The summed E-state index contributed by atoms with van der Waals surface area (Å²) in [6.07, 6.45) is 0. The Labute approximate surface area is 170 Å². The molecule has 3 rings (SSSR count). The lowest BCUT2D eigenvalue weighted by molar-refractivity contribution is -0.113. The summed E-state index contributed by atoms with van der Waals surface area (Å²) < 4.78 is 0. The fraction of sp³-hybridized carbons (Fsp3) is 0.318. The van der Waals surface area contributed by atoms with Gasteiger partial charge in [-0.1, -0.05) is 47.7 Å². The SMILES string of the molecule is Cc1cc(C)c(NC(=O)CSc2nc(CN(C)C)nc3ccccc23)c(C)c1. The van der Waals surface area contributed by atoms with Crippen molar-refractivity contribution in [2.45, 2.75) is 32.3 Å². The van der Waals surface area contributed by atoms with Gasteiger partial charge < -0.3 is 10.2 Å². The number of benzene rings is 2. The third-order valence-corrected chi connectivity index (χ3v) is 5.34. The molecule has 0 atom stereocenters. The van der Waals surface area contributed by atoms with E-state index in [1.165, 1.54) is 17.3 Å². The Morgan fingerprint density at radius 2 is 1.75 bits per heavy atom. The van der Waals surface area contributed by atoms with Gasteiger partial charge in [0.2, 0.25) is 5.91 Å². The molecule has 0 aliphatic carbocycles. The van der Waals surface area contributed by atoms with E-state index < -0.39 is 0 Å². The maximum Gasteiger partial charge on any atom is 0.234 e. The number of fused-ring (bicyclic) bond motifs is 1. The minimum absolute atomic E-state index is 0.0306. The summed E-state index contributed by atoms with van der Waals surface area (Å²) in [5, 5.41) is 4.88. The van der Waals surface area contributed by atoms with Crippen molar-refractivity contribution >= 4 is 34.3 Å². The highest BCUT2D eigenvalue weighted by Gasteiger charge is 2.13. The number of carbonyl (C=O) groups is 1. The van der Waals surface area contributed by atoms with Crippen molar-refractivity contribution in [1.29, 1.82) is 0 Å². The minimum Gasteiger partial charge on any atom is -0.325 e. The lowest BCUT2D eigenvalue weighted by Crippen LogP contribution is -2.16. The molecule has 146 valence electrons. The number of nitrogens with zero attached hydrogens (tertiary/aromatic N) is 3. The third kappa shape index (κ3) is 4.88. The van der Waals surface area contributed by atoms with Crippen LogP contribution < -0.4 is 5.32 Å². The van der Waals surface area contributed by atoms with Crippen molar-refractivity contribution in [3.63, 3.8) is 0 Å².